The Balaban J connectivity index is 2.42. The maximum absolute atomic E-state index is 12.6. The van der Waals surface area contributed by atoms with Crippen molar-refractivity contribution in [2.75, 3.05) is 33.6 Å². The molecule has 0 aliphatic carbocycles. The fourth-order valence-electron chi connectivity index (χ4n) is 2.19. The minimum Gasteiger partial charge on any atom is -0.495 e. The highest BCUT2D eigenvalue weighted by atomic mass is 79.9. The van der Waals surface area contributed by atoms with E-state index >= 15 is 0 Å². The second-order valence-corrected chi connectivity index (χ2v) is 8.96. The average molecular weight is 478 g/mol. The smallest absolute Gasteiger partial charge is 0.255 e. The van der Waals surface area contributed by atoms with E-state index < -0.39 is 15.9 Å². The Morgan fingerprint density at radius 3 is 2.30 bits per heavy atom. The Bertz CT molecular complexity index is 980. The van der Waals surface area contributed by atoms with E-state index in [1.807, 2.05) is 0 Å². The van der Waals surface area contributed by atoms with Gasteiger partial charge in [-0.05, 0) is 40.2 Å². The predicted octanol–water partition coefficient (Wildman–Crippen LogP) is 3.62. The number of anilines is 1. The summed E-state index contributed by atoms with van der Waals surface area (Å²) in [5, 5.41) is 2.96. The lowest BCUT2D eigenvalue weighted by atomic mass is 10.2. The molecule has 10 heteroatoms. The van der Waals surface area contributed by atoms with Crippen molar-refractivity contribution < 1.29 is 22.7 Å². The molecule has 2 aromatic rings. The van der Waals surface area contributed by atoms with Crippen molar-refractivity contribution in [2.45, 2.75) is 4.90 Å². The van der Waals surface area contributed by atoms with Crippen molar-refractivity contribution in [3.8, 4) is 11.5 Å². The van der Waals surface area contributed by atoms with Crippen molar-refractivity contribution in [1.29, 1.82) is 0 Å². The number of hydrogen-bond donors (Lipinski definition) is 1. The van der Waals surface area contributed by atoms with Crippen molar-refractivity contribution in [2.24, 2.45) is 0 Å². The predicted molar refractivity (Wildman–Crippen MR) is 108 cm³/mol. The summed E-state index contributed by atoms with van der Waals surface area (Å²) in [5.74, 6) is 0.231. The van der Waals surface area contributed by atoms with Gasteiger partial charge in [-0.15, -0.1) is 0 Å². The zero-order valence-electron chi connectivity index (χ0n) is 15.0. The molecule has 0 aliphatic rings. The molecular formula is C17H18BrClN2O5S. The molecule has 146 valence electrons. The Hall–Kier alpha value is -1.81. The van der Waals surface area contributed by atoms with Crippen LogP contribution < -0.4 is 14.8 Å². The second kappa shape index (κ2) is 8.47. The number of ether oxygens (including phenoxy) is 2. The van der Waals surface area contributed by atoms with Gasteiger partial charge < -0.3 is 14.8 Å². The van der Waals surface area contributed by atoms with E-state index in [2.05, 4.69) is 21.2 Å². The molecule has 7 nitrogen and oxygen atoms in total. The van der Waals surface area contributed by atoms with Crippen LogP contribution in [0.4, 0.5) is 5.69 Å². The van der Waals surface area contributed by atoms with Gasteiger partial charge in [-0.25, -0.2) is 12.7 Å². The van der Waals surface area contributed by atoms with Crippen molar-refractivity contribution in [1.82, 2.24) is 4.31 Å². The first-order chi connectivity index (χ1) is 12.6. The molecule has 1 amide bonds. The summed E-state index contributed by atoms with van der Waals surface area (Å²) in [6.45, 7) is 0. The number of rotatable bonds is 6. The van der Waals surface area contributed by atoms with Crippen LogP contribution in [-0.2, 0) is 10.0 Å². The molecule has 27 heavy (non-hydrogen) atoms. The van der Waals surface area contributed by atoms with Crippen LogP contribution in [0, 0.1) is 0 Å². The number of amides is 1. The normalized spacial score (nSPS) is 11.4. The number of nitrogens with zero attached hydrogens (tertiary/aromatic N) is 1. The average Bonchev–Trinajstić information content (AvgIpc) is 2.61. The molecule has 0 fully saturated rings. The molecule has 0 unspecified atom stereocenters. The molecule has 0 aliphatic heterocycles. The molecular weight excluding hydrogens is 460 g/mol. The highest BCUT2D eigenvalue weighted by Gasteiger charge is 2.22. The lowest BCUT2D eigenvalue weighted by molar-refractivity contribution is 0.102. The topological polar surface area (TPSA) is 84.9 Å². The second-order valence-electron chi connectivity index (χ2n) is 5.57. The van der Waals surface area contributed by atoms with Crippen LogP contribution in [0.1, 0.15) is 10.4 Å². The largest absolute Gasteiger partial charge is 0.495 e. The van der Waals surface area contributed by atoms with Crippen LogP contribution in [0.3, 0.4) is 0 Å². The van der Waals surface area contributed by atoms with E-state index in [-0.39, 0.29) is 10.5 Å². The fourth-order valence-corrected chi connectivity index (χ4v) is 4.28. The molecule has 0 saturated carbocycles. The number of nitrogens with one attached hydrogen (secondary N) is 1. The van der Waals surface area contributed by atoms with Crippen molar-refractivity contribution in [3.63, 3.8) is 0 Å². The quantitative estimate of drug-likeness (QED) is 0.687. The van der Waals surface area contributed by atoms with Gasteiger partial charge in [0.1, 0.15) is 11.5 Å². The van der Waals surface area contributed by atoms with Gasteiger partial charge in [0.15, 0.2) is 0 Å². The van der Waals surface area contributed by atoms with E-state index in [4.69, 9.17) is 21.1 Å². The molecule has 2 aromatic carbocycles. The zero-order chi connectivity index (χ0) is 20.4. The molecule has 0 radical (unpaired) electrons. The van der Waals surface area contributed by atoms with E-state index in [9.17, 15) is 13.2 Å². The van der Waals surface area contributed by atoms with Gasteiger partial charge in [0, 0.05) is 30.2 Å². The first kappa shape index (κ1) is 21.5. The molecule has 2 rings (SSSR count). The first-order valence-electron chi connectivity index (χ1n) is 7.56. The van der Waals surface area contributed by atoms with Crippen molar-refractivity contribution >= 4 is 49.1 Å². The third-order valence-corrected chi connectivity index (χ3v) is 6.78. The monoisotopic (exact) mass is 476 g/mol. The number of halogens is 2. The van der Waals surface area contributed by atoms with E-state index in [0.717, 1.165) is 4.31 Å². The third kappa shape index (κ3) is 4.55. The minimum atomic E-state index is -3.72. The summed E-state index contributed by atoms with van der Waals surface area (Å²) in [4.78, 5) is 12.6. The molecule has 1 N–H and O–H groups in total. The number of methoxy groups -OCH3 is 2. The van der Waals surface area contributed by atoms with Gasteiger partial charge in [-0.1, -0.05) is 11.6 Å². The molecule has 0 atom stereocenters. The van der Waals surface area contributed by atoms with Gasteiger partial charge in [-0.2, -0.15) is 0 Å². The summed E-state index contributed by atoms with van der Waals surface area (Å²) in [5.41, 5.74) is 0.487. The van der Waals surface area contributed by atoms with Crippen LogP contribution >= 0.6 is 27.5 Å². The van der Waals surface area contributed by atoms with Gasteiger partial charge in [0.05, 0.1) is 29.8 Å². The van der Waals surface area contributed by atoms with Crippen molar-refractivity contribution in [3.05, 3.63) is 45.4 Å². The summed E-state index contributed by atoms with van der Waals surface area (Å²) in [7, 11) is 2.02. The summed E-state index contributed by atoms with van der Waals surface area (Å²) < 4.78 is 36.6. The Kier molecular flexibility index (Phi) is 6.74. The van der Waals surface area contributed by atoms with E-state index in [1.54, 1.807) is 6.07 Å². The number of carbonyl (C=O) groups excluding carboxylic acids is 1. The zero-order valence-corrected chi connectivity index (χ0v) is 18.2. The Labute approximate surface area is 171 Å². The number of carbonyl (C=O) groups is 1. The Morgan fingerprint density at radius 1 is 1.11 bits per heavy atom. The highest BCUT2D eigenvalue weighted by molar-refractivity contribution is 9.10. The number of benzene rings is 2. The standard InChI is InChI=1S/C17H18BrClN2O5S/c1-21(2)27(23,24)16-7-10(5-6-11(16)18)17(22)20-13-8-12(19)14(25-3)9-15(13)26-4/h5-9H,1-4H3,(H,20,22). The van der Waals surface area contributed by atoms with Crippen LogP contribution in [-0.4, -0.2) is 46.9 Å². The minimum absolute atomic E-state index is 0.0140. The van der Waals surface area contributed by atoms with Crippen LogP contribution in [0.15, 0.2) is 39.7 Å². The van der Waals surface area contributed by atoms with Gasteiger partial charge in [0.25, 0.3) is 5.91 Å². The molecule has 0 aromatic heterocycles. The van der Waals surface area contributed by atoms with Gasteiger partial charge in [-0.3, -0.25) is 4.79 Å². The molecule has 0 spiro atoms. The Morgan fingerprint density at radius 2 is 1.74 bits per heavy atom. The summed E-state index contributed by atoms with van der Waals surface area (Å²) >= 11 is 9.32. The lowest BCUT2D eigenvalue weighted by Crippen LogP contribution is -2.23. The van der Waals surface area contributed by atoms with Gasteiger partial charge >= 0.3 is 0 Å². The third-order valence-electron chi connectivity index (χ3n) is 3.67. The first-order valence-corrected chi connectivity index (χ1v) is 10.2. The number of hydrogen-bond acceptors (Lipinski definition) is 5. The number of sulfonamides is 1. The molecule has 0 bridgehead atoms. The highest BCUT2D eigenvalue weighted by Crippen LogP contribution is 2.36. The lowest BCUT2D eigenvalue weighted by Gasteiger charge is -2.15. The van der Waals surface area contributed by atoms with Crippen LogP contribution in [0.2, 0.25) is 5.02 Å². The van der Waals surface area contributed by atoms with Crippen LogP contribution in [0.5, 0.6) is 11.5 Å². The van der Waals surface area contributed by atoms with E-state index in [0.29, 0.717) is 26.7 Å². The summed E-state index contributed by atoms with van der Waals surface area (Å²) in [6.07, 6.45) is 0. The van der Waals surface area contributed by atoms with Crippen LogP contribution in [0.25, 0.3) is 0 Å². The SMILES string of the molecule is COc1cc(OC)c(NC(=O)c2ccc(Br)c(S(=O)(=O)N(C)C)c2)cc1Cl. The maximum Gasteiger partial charge on any atom is 0.255 e. The van der Waals surface area contributed by atoms with E-state index in [1.165, 1.54) is 52.6 Å². The summed E-state index contributed by atoms with van der Waals surface area (Å²) in [6, 6.07) is 7.34. The molecule has 0 saturated heterocycles. The maximum atomic E-state index is 12.6. The van der Waals surface area contributed by atoms with Gasteiger partial charge in [0.2, 0.25) is 10.0 Å². The molecule has 0 heterocycles. The fraction of sp³-hybridized carbons (Fsp3) is 0.235.